The van der Waals surface area contributed by atoms with Crippen LogP contribution in [0.4, 0.5) is 8.78 Å². The lowest BCUT2D eigenvalue weighted by Crippen LogP contribution is -2.06. The van der Waals surface area contributed by atoms with E-state index >= 15 is 0 Å². The summed E-state index contributed by atoms with van der Waals surface area (Å²) in [5, 5.41) is 3.44. The number of carbonyl (C=O) groups is 1. The molecule has 1 heterocycles. The minimum absolute atomic E-state index is 0.101. The molecule has 0 fully saturated rings. The Labute approximate surface area is 107 Å². The van der Waals surface area contributed by atoms with Gasteiger partial charge in [0.2, 0.25) is 5.89 Å². The number of nitrogens with zero attached hydrogens (tertiary/aromatic N) is 2. The molecule has 2 aromatic rings. The molecule has 1 aromatic carbocycles. The van der Waals surface area contributed by atoms with Gasteiger partial charge >= 0.3 is 5.97 Å². The van der Waals surface area contributed by atoms with E-state index in [2.05, 4.69) is 10.1 Å². The molecule has 1 aromatic heterocycles. The maximum atomic E-state index is 13.0. The van der Waals surface area contributed by atoms with Crippen molar-refractivity contribution in [1.82, 2.24) is 10.1 Å². The number of benzene rings is 1. The molecule has 5 nitrogen and oxygen atoms in total. The number of ether oxygens (including phenoxy) is 1. The van der Waals surface area contributed by atoms with Gasteiger partial charge in [-0.05, 0) is 29.8 Å². The Kier molecular flexibility index (Phi) is 3.84. The van der Waals surface area contributed by atoms with Crippen LogP contribution in [0.5, 0.6) is 0 Å². The summed E-state index contributed by atoms with van der Waals surface area (Å²) in [4.78, 5) is 15.1. The third-order valence-electron chi connectivity index (χ3n) is 2.27. The first kappa shape index (κ1) is 13.1. The third-order valence-corrected chi connectivity index (χ3v) is 2.27. The lowest BCUT2D eigenvalue weighted by atomic mass is 10.1. The summed E-state index contributed by atoms with van der Waals surface area (Å²) in [6.07, 6.45) is 0.101. The van der Waals surface area contributed by atoms with E-state index in [1.165, 1.54) is 6.07 Å². The monoisotopic (exact) mass is 268 g/mol. The number of hydrogen-bond acceptors (Lipinski definition) is 5. The van der Waals surface area contributed by atoms with Gasteiger partial charge in [0.1, 0.15) is 0 Å². The Bertz CT molecular complexity index is 598. The molecule has 0 unspecified atom stereocenters. The normalized spacial score (nSPS) is 10.5. The molecule has 2 rings (SSSR count). The fourth-order valence-electron chi connectivity index (χ4n) is 1.43. The number of aromatic nitrogens is 2. The maximum Gasteiger partial charge on any atom is 0.379 e. The van der Waals surface area contributed by atoms with Crippen molar-refractivity contribution in [2.75, 3.05) is 6.61 Å². The summed E-state index contributed by atoms with van der Waals surface area (Å²) < 4.78 is 35.3. The molecule has 0 saturated carbocycles. The van der Waals surface area contributed by atoms with Gasteiger partial charge in [-0.15, -0.1) is 0 Å². The summed E-state index contributed by atoms with van der Waals surface area (Å²) in [6, 6.07) is 3.43. The molecule has 0 aliphatic carbocycles. The van der Waals surface area contributed by atoms with Crippen molar-refractivity contribution in [2.24, 2.45) is 0 Å². The highest BCUT2D eigenvalue weighted by Crippen LogP contribution is 2.12. The van der Waals surface area contributed by atoms with Crippen LogP contribution < -0.4 is 0 Å². The standard InChI is InChI=1S/C12H10F2N2O3/c1-2-18-12(17)11-15-10(19-16-11)6-7-3-4-8(13)9(14)5-7/h3-5H,2,6H2,1H3. The van der Waals surface area contributed by atoms with E-state index in [9.17, 15) is 13.6 Å². The van der Waals surface area contributed by atoms with E-state index in [4.69, 9.17) is 9.26 Å². The minimum Gasteiger partial charge on any atom is -0.460 e. The van der Waals surface area contributed by atoms with Crippen LogP contribution in [0.3, 0.4) is 0 Å². The zero-order valence-electron chi connectivity index (χ0n) is 10.0. The zero-order chi connectivity index (χ0) is 13.8. The second kappa shape index (κ2) is 5.55. The average molecular weight is 268 g/mol. The highest BCUT2D eigenvalue weighted by molar-refractivity contribution is 5.84. The summed E-state index contributed by atoms with van der Waals surface area (Å²) in [7, 11) is 0. The van der Waals surface area contributed by atoms with E-state index < -0.39 is 17.6 Å². The molecular formula is C12H10F2N2O3. The van der Waals surface area contributed by atoms with Gasteiger partial charge in [-0.1, -0.05) is 6.07 Å². The lowest BCUT2D eigenvalue weighted by molar-refractivity contribution is 0.0508. The summed E-state index contributed by atoms with van der Waals surface area (Å²) in [6.45, 7) is 1.85. The second-order valence-electron chi connectivity index (χ2n) is 3.66. The highest BCUT2D eigenvalue weighted by atomic mass is 19.2. The number of halogens is 2. The van der Waals surface area contributed by atoms with Gasteiger partial charge in [0.15, 0.2) is 11.6 Å². The van der Waals surface area contributed by atoms with Crippen molar-refractivity contribution >= 4 is 5.97 Å². The molecule has 0 bridgehead atoms. The molecule has 0 aliphatic rings. The van der Waals surface area contributed by atoms with Gasteiger partial charge in [0.25, 0.3) is 5.82 Å². The van der Waals surface area contributed by atoms with Crippen LogP contribution in [0.15, 0.2) is 22.7 Å². The number of esters is 1. The molecule has 0 amide bonds. The summed E-state index contributed by atoms with van der Waals surface area (Å²) in [5.41, 5.74) is 0.456. The highest BCUT2D eigenvalue weighted by Gasteiger charge is 2.16. The first-order valence-corrected chi connectivity index (χ1v) is 5.53. The molecule has 0 spiro atoms. The van der Waals surface area contributed by atoms with Gasteiger partial charge in [0.05, 0.1) is 13.0 Å². The zero-order valence-corrected chi connectivity index (χ0v) is 10.0. The van der Waals surface area contributed by atoms with Gasteiger partial charge in [-0.3, -0.25) is 0 Å². The SMILES string of the molecule is CCOC(=O)c1noc(Cc2ccc(F)c(F)c2)n1. The van der Waals surface area contributed by atoms with Crippen LogP contribution in [-0.4, -0.2) is 22.7 Å². The van der Waals surface area contributed by atoms with E-state index in [0.29, 0.717) is 5.56 Å². The number of rotatable bonds is 4. The van der Waals surface area contributed by atoms with Crippen LogP contribution in [-0.2, 0) is 11.2 Å². The minimum atomic E-state index is -0.956. The predicted octanol–water partition coefficient (Wildman–Crippen LogP) is 2.12. The van der Waals surface area contributed by atoms with Crippen molar-refractivity contribution in [2.45, 2.75) is 13.3 Å². The fourth-order valence-corrected chi connectivity index (χ4v) is 1.43. The Hall–Kier alpha value is -2.31. The van der Waals surface area contributed by atoms with Crippen LogP contribution in [0.1, 0.15) is 29.0 Å². The van der Waals surface area contributed by atoms with Crippen LogP contribution in [0.25, 0.3) is 0 Å². The molecule has 19 heavy (non-hydrogen) atoms. The molecular weight excluding hydrogens is 258 g/mol. The Morgan fingerprint density at radius 1 is 1.37 bits per heavy atom. The molecule has 7 heteroatoms. The van der Waals surface area contributed by atoms with Gasteiger partial charge in [-0.2, -0.15) is 4.98 Å². The van der Waals surface area contributed by atoms with E-state index in [-0.39, 0.29) is 24.7 Å². The van der Waals surface area contributed by atoms with Crippen molar-refractivity contribution in [1.29, 1.82) is 0 Å². The van der Waals surface area contributed by atoms with Crippen molar-refractivity contribution in [3.63, 3.8) is 0 Å². The topological polar surface area (TPSA) is 65.2 Å². The van der Waals surface area contributed by atoms with Crippen LogP contribution in [0, 0.1) is 11.6 Å². The Morgan fingerprint density at radius 3 is 2.84 bits per heavy atom. The quantitative estimate of drug-likeness (QED) is 0.794. The fraction of sp³-hybridized carbons (Fsp3) is 0.250. The maximum absolute atomic E-state index is 13.0. The van der Waals surface area contributed by atoms with E-state index in [1.807, 2.05) is 0 Å². The predicted molar refractivity (Wildman–Crippen MR) is 59.4 cm³/mol. The van der Waals surface area contributed by atoms with Crippen LogP contribution >= 0.6 is 0 Å². The Morgan fingerprint density at radius 2 is 2.16 bits per heavy atom. The molecule has 0 radical (unpaired) electrons. The van der Waals surface area contributed by atoms with Crippen LogP contribution in [0.2, 0.25) is 0 Å². The van der Waals surface area contributed by atoms with Crippen molar-refractivity contribution in [3.8, 4) is 0 Å². The number of hydrogen-bond donors (Lipinski definition) is 0. The largest absolute Gasteiger partial charge is 0.460 e. The first-order chi connectivity index (χ1) is 9.10. The second-order valence-corrected chi connectivity index (χ2v) is 3.66. The first-order valence-electron chi connectivity index (χ1n) is 5.53. The molecule has 0 atom stereocenters. The van der Waals surface area contributed by atoms with E-state index in [1.54, 1.807) is 6.92 Å². The number of carbonyl (C=O) groups excluding carboxylic acids is 1. The summed E-state index contributed by atoms with van der Waals surface area (Å²) in [5.74, 6) is -2.65. The summed E-state index contributed by atoms with van der Waals surface area (Å²) >= 11 is 0. The van der Waals surface area contributed by atoms with Gasteiger partial charge < -0.3 is 9.26 Å². The smallest absolute Gasteiger partial charge is 0.379 e. The van der Waals surface area contributed by atoms with Crippen molar-refractivity contribution < 1.29 is 22.8 Å². The molecule has 0 N–H and O–H groups in total. The Balaban J connectivity index is 2.11. The molecule has 0 aliphatic heterocycles. The lowest BCUT2D eigenvalue weighted by Gasteiger charge is -1.97. The van der Waals surface area contributed by atoms with Gasteiger partial charge in [0, 0.05) is 0 Å². The average Bonchev–Trinajstić information content (AvgIpc) is 2.83. The van der Waals surface area contributed by atoms with E-state index in [0.717, 1.165) is 12.1 Å². The van der Waals surface area contributed by atoms with Gasteiger partial charge in [-0.25, -0.2) is 13.6 Å². The molecule has 100 valence electrons. The molecule has 0 saturated heterocycles. The third kappa shape index (κ3) is 3.12. The van der Waals surface area contributed by atoms with Crippen molar-refractivity contribution in [3.05, 3.63) is 47.1 Å².